The highest BCUT2D eigenvalue weighted by molar-refractivity contribution is 8.14. The Balaban J connectivity index is 1.88. The molecule has 1 aromatic carbocycles. The molecule has 1 aliphatic rings. The van der Waals surface area contributed by atoms with Gasteiger partial charge in [-0.1, -0.05) is 30.3 Å². The number of nitrogens with zero attached hydrogens (tertiary/aromatic N) is 1. The van der Waals surface area contributed by atoms with Crippen molar-refractivity contribution in [2.24, 2.45) is 4.99 Å². The number of carboxylic acids is 1. The third-order valence-electron chi connectivity index (χ3n) is 2.46. The summed E-state index contributed by atoms with van der Waals surface area (Å²) in [5.41, 5.74) is 1.27. The van der Waals surface area contributed by atoms with Crippen LogP contribution in [0.25, 0.3) is 0 Å². The summed E-state index contributed by atoms with van der Waals surface area (Å²) in [5, 5.41) is 9.76. The van der Waals surface area contributed by atoms with Crippen LogP contribution in [0.5, 0.6) is 0 Å². The summed E-state index contributed by atoms with van der Waals surface area (Å²) in [6, 6.07) is 9.64. The molecule has 84 valence electrons. The molecule has 1 atom stereocenters. The molecule has 0 aromatic heterocycles. The molecule has 0 aliphatic carbocycles. The zero-order valence-corrected chi connectivity index (χ0v) is 9.61. The lowest BCUT2D eigenvalue weighted by Gasteiger charge is -1.99. The molecule has 1 N–H and O–H groups in total. The van der Waals surface area contributed by atoms with Crippen molar-refractivity contribution in [1.29, 1.82) is 0 Å². The smallest absolute Gasteiger partial charge is 0.329 e. The normalized spacial score (nSPS) is 19.5. The molecule has 1 heterocycles. The second kappa shape index (κ2) is 5.16. The summed E-state index contributed by atoms with van der Waals surface area (Å²) in [5.74, 6) is -0.235. The van der Waals surface area contributed by atoms with E-state index in [1.165, 1.54) is 5.56 Å². The van der Waals surface area contributed by atoms with Crippen molar-refractivity contribution in [3.05, 3.63) is 35.9 Å². The number of thioether (sulfide) groups is 1. The molecule has 1 aromatic rings. The quantitative estimate of drug-likeness (QED) is 0.870. The maximum atomic E-state index is 10.7. The third kappa shape index (κ3) is 2.85. The summed E-state index contributed by atoms with van der Waals surface area (Å²) in [7, 11) is 0. The van der Waals surface area contributed by atoms with E-state index in [9.17, 15) is 4.79 Å². The topological polar surface area (TPSA) is 49.7 Å². The molecular formula is C12H13NO2S. The standard InChI is InChI=1S/C12H13NO2S/c14-12(15)10-8-16-11(13-10)7-6-9-4-2-1-3-5-9/h1-5,10H,6-8H2,(H,14,15)/t10-/m0/s1. The zero-order chi connectivity index (χ0) is 11.4. The molecule has 0 amide bonds. The first-order chi connectivity index (χ1) is 7.75. The minimum absolute atomic E-state index is 0.532. The zero-order valence-electron chi connectivity index (χ0n) is 8.80. The number of benzene rings is 1. The molecule has 16 heavy (non-hydrogen) atoms. The fourth-order valence-corrected chi connectivity index (χ4v) is 2.60. The van der Waals surface area contributed by atoms with Crippen molar-refractivity contribution in [1.82, 2.24) is 0 Å². The molecule has 0 saturated heterocycles. The van der Waals surface area contributed by atoms with Gasteiger partial charge >= 0.3 is 5.97 Å². The fraction of sp³-hybridized carbons (Fsp3) is 0.333. The summed E-state index contributed by atoms with van der Waals surface area (Å²) in [6.07, 6.45) is 1.78. The summed E-state index contributed by atoms with van der Waals surface area (Å²) >= 11 is 1.57. The van der Waals surface area contributed by atoms with Crippen LogP contribution in [0.2, 0.25) is 0 Å². The van der Waals surface area contributed by atoms with Crippen molar-refractivity contribution in [3.63, 3.8) is 0 Å². The average molecular weight is 235 g/mol. The van der Waals surface area contributed by atoms with Crippen LogP contribution in [0.3, 0.4) is 0 Å². The number of aliphatic imine (C=N–C) groups is 1. The van der Waals surface area contributed by atoms with Crippen LogP contribution in [-0.2, 0) is 11.2 Å². The maximum Gasteiger partial charge on any atom is 0.329 e. The van der Waals surface area contributed by atoms with Crippen LogP contribution in [0.1, 0.15) is 12.0 Å². The number of hydrogen-bond acceptors (Lipinski definition) is 3. The van der Waals surface area contributed by atoms with Gasteiger partial charge in [0.05, 0.1) is 5.04 Å². The van der Waals surface area contributed by atoms with E-state index in [1.54, 1.807) is 11.8 Å². The highest BCUT2D eigenvalue weighted by Gasteiger charge is 2.23. The Hall–Kier alpha value is -1.29. The van der Waals surface area contributed by atoms with Gasteiger partial charge in [0.1, 0.15) is 0 Å². The SMILES string of the molecule is O=C(O)[C@@H]1CSC(CCc2ccccc2)=N1. The number of hydrogen-bond donors (Lipinski definition) is 1. The Morgan fingerprint density at radius 1 is 1.38 bits per heavy atom. The van der Waals surface area contributed by atoms with E-state index in [1.807, 2.05) is 18.2 Å². The Morgan fingerprint density at radius 2 is 2.12 bits per heavy atom. The second-order valence-corrected chi connectivity index (χ2v) is 4.77. The van der Waals surface area contributed by atoms with E-state index in [0.29, 0.717) is 5.75 Å². The van der Waals surface area contributed by atoms with E-state index < -0.39 is 12.0 Å². The number of carbonyl (C=O) groups is 1. The van der Waals surface area contributed by atoms with Crippen molar-refractivity contribution in [2.45, 2.75) is 18.9 Å². The van der Waals surface area contributed by atoms with Gasteiger partial charge in [-0.05, 0) is 18.4 Å². The van der Waals surface area contributed by atoms with Crippen LogP contribution in [0.4, 0.5) is 0 Å². The first kappa shape index (κ1) is 11.2. The highest BCUT2D eigenvalue weighted by Crippen LogP contribution is 2.21. The van der Waals surface area contributed by atoms with Gasteiger partial charge in [0.2, 0.25) is 0 Å². The molecule has 0 bridgehead atoms. The van der Waals surface area contributed by atoms with E-state index in [4.69, 9.17) is 5.11 Å². The molecule has 0 unspecified atom stereocenters. The molecule has 0 spiro atoms. The Kier molecular flexibility index (Phi) is 3.62. The molecule has 0 saturated carbocycles. The van der Waals surface area contributed by atoms with Crippen LogP contribution in [0.15, 0.2) is 35.3 Å². The molecule has 3 nitrogen and oxygen atoms in total. The molecular weight excluding hydrogens is 222 g/mol. The Morgan fingerprint density at radius 3 is 2.75 bits per heavy atom. The second-order valence-electron chi connectivity index (χ2n) is 3.67. The van der Waals surface area contributed by atoms with Crippen molar-refractivity contribution >= 4 is 22.8 Å². The number of carboxylic acid groups (broad SMARTS) is 1. The summed E-state index contributed by atoms with van der Waals surface area (Å²) in [6.45, 7) is 0. The summed E-state index contributed by atoms with van der Waals surface area (Å²) < 4.78 is 0. The third-order valence-corrected chi connectivity index (χ3v) is 3.59. The lowest BCUT2D eigenvalue weighted by atomic mass is 10.1. The van der Waals surface area contributed by atoms with Crippen LogP contribution < -0.4 is 0 Å². The maximum absolute atomic E-state index is 10.7. The number of aryl methyl sites for hydroxylation is 1. The average Bonchev–Trinajstić information content (AvgIpc) is 2.76. The highest BCUT2D eigenvalue weighted by atomic mass is 32.2. The molecule has 0 radical (unpaired) electrons. The van der Waals surface area contributed by atoms with Gasteiger partial charge in [0.15, 0.2) is 6.04 Å². The minimum Gasteiger partial charge on any atom is -0.480 e. The van der Waals surface area contributed by atoms with Gasteiger partial charge in [-0.3, -0.25) is 4.99 Å². The van der Waals surface area contributed by atoms with E-state index in [2.05, 4.69) is 17.1 Å². The van der Waals surface area contributed by atoms with Gasteiger partial charge in [-0.2, -0.15) is 0 Å². The molecule has 0 fully saturated rings. The van der Waals surface area contributed by atoms with Gasteiger partial charge in [-0.25, -0.2) is 4.79 Å². The van der Waals surface area contributed by atoms with Gasteiger partial charge in [0.25, 0.3) is 0 Å². The Bertz CT molecular complexity index is 403. The van der Waals surface area contributed by atoms with E-state index in [0.717, 1.165) is 17.9 Å². The predicted molar refractivity (Wildman–Crippen MR) is 66.1 cm³/mol. The summed E-state index contributed by atoms with van der Waals surface area (Å²) in [4.78, 5) is 14.9. The Labute approximate surface area is 98.6 Å². The number of aliphatic carboxylic acids is 1. The molecule has 1 aliphatic heterocycles. The van der Waals surface area contributed by atoms with Crippen LogP contribution >= 0.6 is 11.8 Å². The van der Waals surface area contributed by atoms with Crippen molar-refractivity contribution < 1.29 is 9.90 Å². The van der Waals surface area contributed by atoms with Gasteiger partial charge in [-0.15, -0.1) is 11.8 Å². The fourth-order valence-electron chi connectivity index (χ4n) is 1.58. The predicted octanol–water partition coefficient (Wildman–Crippen LogP) is 2.22. The van der Waals surface area contributed by atoms with Gasteiger partial charge in [0, 0.05) is 5.75 Å². The lowest BCUT2D eigenvalue weighted by Crippen LogP contribution is -2.17. The van der Waals surface area contributed by atoms with Crippen molar-refractivity contribution in [2.75, 3.05) is 5.75 Å². The van der Waals surface area contributed by atoms with Crippen LogP contribution in [-0.4, -0.2) is 27.9 Å². The van der Waals surface area contributed by atoms with Gasteiger partial charge < -0.3 is 5.11 Å². The molecule has 4 heteroatoms. The minimum atomic E-state index is -0.817. The van der Waals surface area contributed by atoms with Crippen molar-refractivity contribution in [3.8, 4) is 0 Å². The number of rotatable bonds is 4. The van der Waals surface area contributed by atoms with Crippen LogP contribution in [0, 0.1) is 0 Å². The first-order valence-electron chi connectivity index (χ1n) is 5.22. The largest absolute Gasteiger partial charge is 0.480 e. The lowest BCUT2D eigenvalue weighted by molar-refractivity contribution is -0.137. The molecule has 2 rings (SSSR count). The van der Waals surface area contributed by atoms with E-state index >= 15 is 0 Å². The first-order valence-corrected chi connectivity index (χ1v) is 6.20. The van der Waals surface area contributed by atoms with E-state index in [-0.39, 0.29) is 0 Å². The monoisotopic (exact) mass is 235 g/mol.